The van der Waals surface area contributed by atoms with E-state index in [0.717, 1.165) is 18.2 Å². The van der Waals surface area contributed by atoms with Gasteiger partial charge in [-0.05, 0) is 24.6 Å². The quantitative estimate of drug-likeness (QED) is 0.445. The first kappa shape index (κ1) is 19.5. The van der Waals surface area contributed by atoms with Gasteiger partial charge in [-0.15, -0.1) is 0 Å². The number of nitrogens with zero attached hydrogens (tertiary/aromatic N) is 2. The summed E-state index contributed by atoms with van der Waals surface area (Å²) < 4.78 is 5.00. The molecular weight excluding hydrogens is 358 g/mol. The van der Waals surface area contributed by atoms with Gasteiger partial charge in [0.25, 0.3) is 17.3 Å². The number of carbonyl (C=O) groups is 2. The molecule has 0 unspecified atom stereocenters. The number of nitro benzene ring substituents is 2. The summed E-state index contributed by atoms with van der Waals surface area (Å²) in [5.41, 5.74) is -0.960. The zero-order chi connectivity index (χ0) is 20.0. The molecule has 0 fully saturated rings. The van der Waals surface area contributed by atoms with Crippen LogP contribution in [0.15, 0.2) is 42.5 Å². The Morgan fingerprint density at radius 2 is 1.63 bits per heavy atom. The number of nitro groups is 2. The lowest BCUT2D eigenvalue weighted by Crippen LogP contribution is -2.13. The average Bonchev–Trinajstić information content (AvgIpc) is 2.65. The monoisotopic (exact) mass is 373 g/mol. The highest BCUT2D eigenvalue weighted by atomic mass is 16.6. The maximum atomic E-state index is 12.3. The van der Waals surface area contributed by atoms with Crippen molar-refractivity contribution in [2.75, 3.05) is 11.9 Å². The van der Waals surface area contributed by atoms with Gasteiger partial charge in [-0.2, -0.15) is 0 Å². The maximum Gasteiger partial charge on any atom is 0.338 e. The van der Waals surface area contributed by atoms with E-state index >= 15 is 0 Å². The molecule has 0 aliphatic rings. The van der Waals surface area contributed by atoms with Crippen molar-refractivity contribution in [2.45, 2.75) is 13.3 Å². The van der Waals surface area contributed by atoms with E-state index in [9.17, 15) is 29.8 Å². The van der Waals surface area contributed by atoms with Gasteiger partial charge in [0.1, 0.15) is 0 Å². The third kappa shape index (κ3) is 5.08. The Hall–Kier alpha value is -3.82. The van der Waals surface area contributed by atoms with Crippen LogP contribution in [0.2, 0.25) is 0 Å². The van der Waals surface area contributed by atoms with Crippen molar-refractivity contribution >= 4 is 28.9 Å². The topological polar surface area (TPSA) is 142 Å². The largest absolute Gasteiger partial charge is 0.462 e. The molecule has 1 amide bonds. The fraction of sp³-hybridized carbons (Fsp3) is 0.176. The molecule has 1 N–H and O–H groups in total. The summed E-state index contributed by atoms with van der Waals surface area (Å²) in [4.78, 5) is 44.4. The fourth-order valence-electron chi connectivity index (χ4n) is 2.14. The van der Waals surface area contributed by atoms with Gasteiger partial charge in [-0.1, -0.05) is 13.0 Å². The second-order valence-corrected chi connectivity index (χ2v) is 5.42. The van der Waals surface area contributed by atoms with Crippen molar-refractivity contribution in [3.05, 3.63) is 73.8 Å². The van der Waals surface area contributed by atoms with Crippen molar-refractivity contribution in [1.29, 1.82) is 0 Å². The van der Waals surface area contributed by atoms with E-state index in [-0.39, 0.29) is 23.4 Å². The van der Waals surface area contributed by atoms with Gasteiger partial charge in [-0.25, -0.2) is 4.79 Å². The van der Waals surface area contributed by atoms with Crippen LogP contribution in [0.4, 0.5) is 17.1 Å². The highest BCUT2D eigenvalue weighted by molar-refractivity contribution is 6.05. The SMILES string of the molecule is CCCOC(=O)c1cccc(NC(=O)c2cc([N+](=O)[O-])cc([N+](=O)[O-])c2)c1. The van der Waals surface area contributed by atoms with Crippen LogP contribution in [0.5, 0.6) is 0 Å². The van der Waals surface area contributed by atoms with Crippen LogP contribution in [0.3, 0.4) is 0 Å². The molecule has 2 rings (SSSR count). The van der Waals surface area contributed by atoms with Gasteiger partial charge in [-0.3, -0.25) is 25.0 Å². The second kappa shape index (κ2) is 8.52. The number of amides is 1. The first-order chi connectivity index (χ1) is 12.8. The van der Waals surface area contributed by atoms with Gasteiger partial charge < -0.3 is 10.1 Å². The third-order valence-electron chi connectivity index (χ3n) is 3.38. The number of hydrogen-bond donors (Lipinski definition) is 1. The first-order valence-corrected chi connectivity index (χ1v) is 7.84. The molecule has 0 radical (unpaired) electrons. The molecule has 0 bridgehead atoms. The molecule has 0 heterocycles. The standard InChI is InChI=1S/C17H15N3O7/c1-2-6-27-17(22)11-4-3-5-13(7-11)18-16(21)12-8-14(19(23)24)10-15(9-12)20(25)26/h3-5,7-10H,2,6H2,1H3,(H,18,21). The molecule has 140 valence electrons. The Morgan fingerprint density at radius 3 is 2.19 bits per heavy atom. The molecule has 0 atom stereocenters. The van der Waals surface area contributed by atoms with Crippen LogP contribution < -0.4 is 5.32 Å². The van der Waals surface area contributed by atoms with Crippen LogP contribution >= 0.6 is 0 Å². The van der Waals surface area contributed by atoms with Gasteiger partial charge in [0.05, 0.1) is 33.6 Å². The predicted octanol–water partition coefficient (Wildman–Crippen LogP) is 3.32. The summed E-state index contributed by atoms with van der Waals surface area (Å²) in [5, 5.41) is 24.3. The maximum absolute atomic E-state index is 12.3. The molecule has 2 aromatic carbocycles. The van der Waals surface area contributed by atoms with E-state index in [1.165, 1.54) is 24.3 Å². The molecular formula is C17H15N3O7. The predicted molar refractivity (Wildman–Crippen MR) is 94.7 cm³/mol. The first-order valence-electron chi connectivity index (χ1n) is 7.84. The third-order valence-corrected chi connectivity index (χ3v) is 3.38. The van der Waals surface area contributed by atoms with E-state index < -0.39 is 33.1 Å². The molecule has 0 aliphatic heterocycles. The van der Waals surface area contributed by atoms with Crippen molar-refractivity contribution in [2.24, 2.45) is 0 Å². The van der Waals surface area contributed by atoms with Gasteiger partial charge in [0.2, 0.25) is 0 Å². The van der Waals surface area contributed by atoms with E-state index in [1.54, 1.807) is 0 Å². The van der Waals surface area contributed by atoms with Crippen LogP contribution in [0.1, 0.15) is 34.1 Å². The smallest absolute Gasteiger partial charge is 0.338 e. The Morgan fingerprint density at radius 1 is 1.00 bits per heavy atom. The number of nitrogens with one attached hydrogen (secondary N) is 1. The van der Waals surface area contributed by atoms with E-state index in [2.05, 4.69) is 5.32 Å². The number of esters is 1. The average molecular weight is 373 g/mol. The molecule has 0 aromatic heterocycles. The number of non-ortho nitro benzene ring substituents is 2. The van der Waals surface area contributed by atoms with Gasteiger partial charge in [0.15, 0.2) is 0 Å². The Balaban J connectivity index is 2.26. The fourth-order valence-corrected chi connectivity index (χ4v) is 2.14. The molecule has 0 saturated heterocycles. The summed E-state index contributed by atoms with van der Waals surface area (Å²) in [6.07, 6.45) is 0.660. The van der Waals surface area contributed by atoms with Crippen molar-refractivity contribution in [3.8, 4) is 0 Å². The highest BCUT2D eigenvalue weighted by Crippen LogP contribution is 2.23. The minimum Gasteiger partial charge on any atom is -0.462 e. The second-order valence-electron chi connectivity index (χ2n) is 5.42. The number of hydrogen-bond acceptors (Lipinski definition) is 7. The number of benzene rings is 2. The number of ether oxygens (including phenoxy) is 1. The lowest BCUT2D eigenvalue weighted by atomic mass is 10.1. The van der Waals surface area contributed by atoms with Crippen LogP contribution in [-0.2, 0) is 4.74 Å². The van der Waals surface area contributed by atoms with Crippen LogP contribution in [0.25, 0.3) is 0 Å². The Labute approximate surface area is 153 Å². The highest BCUT2D eigenvalue weighted by Gasteiger charge is 2.20. The molecule has 10 nitrogen and oxygen atoms in total. The lowest BCUT2D eigenvalue weighted by Gasteiger charge is -2.08. The molecule has 0 aliphatic carbocycles. The minimum absolute atomic E-state index is 0.214. The van der Waals surface area contributed by atoms with E-state index in [1.807, 2.05) is 6.92 Å². The minimum atomic E-state index is -0.825. The molecule has 10 heteroatoms. The van der Waals surface area contributed by atoms with Crippen LogP contribution in [0, 0.1) is 20.2 Å². The molecule has 0 spiro atoms. The van der Waals surface area contributed by atoms with Crippen molar-refractivity contribution in [1.82, 2.24) is 0 Å². The summed E-state index contributed by atoms with van der Waals surface area (Å²) in [7, 11) is 0. The van der Waals surface area contributed by atoms with Gasteiger partial charge in [0, 0.05) is 17.8 Å². The number of anilines is 1. The lowest BCUT2D eigenvalue weighted by molar-refractivity contribution is -0.394. The van der Waals surface area contributed by atoms with Crippen LogP contribution in [-0.4, -0.2) is 28.3 Å². The van der Waals surface area contributed by atoms with E-state index in [4.69, 9.17) is 4.74 Å². The summed E-state index contributed by atoms with van der Waals surface area (Å²) in [5.74, 6) is -1.35. The molecule has 27 heavy (non-hydrogen) atoms. The number of carbonyl (C=O) groups excluding carboxylic acids is 2. The van der Waals surface area contributed by atoms with Crippen molar-refractivity contribution in [3.63, 3.8) is 0 Å². The summed E-state index contributed by atoms with van der Waals surface area (Å²) in [6, 6.07) is 8.53. The zero-order valence-electron chi connectivity index (χ0n) is 14.2. The molecule has 2 aromatic rings. The van der Waals surface area contributed by atoms with Gasteiger partial charge >= 0.3 is 5.97 Å². The zero-order valence-corrected chi connectivity index (χ0v) is 14.2. The molecule has 0 saturated carbocycles. The Kier molecular flexibility index (Phi) is 6.15. The Bertz CT molecular complexity index is 879. The summed E-state index contributed by atoms with van der Waals surface area (Å²) in [6.45, 7) is 2.11. The van der Waals surface area contributed by atoms with Crippen molar-refractivity contribution < 1.29 is 24.2 Å². The van der Waals surface area contributed by atoms with E-state index in [0.29, 0.717) is 6.42 Å². The summed E-state index contributed by atoms with van der Waals surface area (Å²) >= 11 is 0. The normalized spacial score (nSPS) is 10.1. The number of rotatable bonds is 7.